The van der Waals surface area contributed by atoms with E-state index in [2.05, 4.69) is 83.1 Å². The average Bonchev–Trinajstić information content (AvgIpc) is 2.39. The molecule has 1 atom stereocenters. The second-order valence-corrected chi connectivity index (χ2v) is 6.49. The highest BCUT2D eigenvalue weighted by Crippen LogP contribution is 2.31. The Morgan fingerprint density at radius 3 is 1.80 bits per heavy atom. The molecule has 104 valence electrons. The lowest BCUT2D eigenvalue weighted by molar-refractivity contribution is 0.646. The fourth-order valence-corrected chi connectivity index (χ4v) is 2.57. The highest BCUT2D eigenvalue weighted by Gasteiger charge is 2.30. The molecule has 0 nitrogen and oxygen atoms in total. The summed E-state index contributed by atoms with van der Waals surface area (Å²) in [5.74, 6) is 0.698. The summed E-state index contributed by atoms with van der Waals surface area (Å²) in [6, 6.07) is 17.6. The van der Waals surface area contributed by atoms with Crippen molar-refractivity contribution in [3.8, 4) is 0 Å². The fraction of sp³-hybridized carbons (Fsp3) is 0.350. The Morgan fingerprint density at radius 1 is 0.900 bits per heavy atom. The molecule has 0 saturated heterocycles. The van der Waals surface area contributed by atoms with E-state index in [0.717, 1.165) is 6.42 Å². The van der Waals surface area contributed by atoms with Crippen LogP contribution in [0.2, 0.25) is 0 Å². The van der Waals surface area contributed by atoms with Gasteiger partial charge in [-0.2, -0.15) is 0 Å². The first-order chi connectivity index (χ1) is 9.39. The molecule has 0 heterocycles. The molecule has 2 rings (SSSR count). The molecular formula is C20H25+. The molecule has 0 N–H and O–H groups in total. The summed E-state index contributed by atoms with van der Waals surface area (Å²) in [6.07, 6.45) is 1.14. The molecule has 2 aromatic carbocycles. The van der Waals surface area contributed by atoms with Crippen LogP contribution in [0.5, 0.6) is 0 Å². The average molecular weight is 265 g/mol. The van der Waals surface area contributed by atoms with Crippen molar-refractivity contribution in [2.75, 3.05) is 0 Å². The zero-order chi connectivity index (χ0) is 14.8. The third-order valence-electron chi connectivity index (χ3n) is 3.92. The molecule has 2 aromatic rings. The minimum absolute atomic E-state index is 0.190. The van der Waals surface area contributed by atoms with Gasteiger partial charge in [0, 0.05) is 11.1 Å². The number of hydrogen-bond donors (Lipinski definition) is 0. The highest BCUT2D eigenvalue weighted by molar-refractivity contribution is 5.41. The van der Waals surface area contributed by atoms with Crippen molar-refractivity contribution in [3.63, 3.8) is 0 Å². The van der Waals surface area contributed by atoms with Gasteiger partial charge in [0.2, 0.25) is 0 Å². The molecule has 0 aromatic heterocycles. The summed E-state index contributed by atoms with van der Waals surface area (Å²) in [4.78, 5) is 0. The number of rotatable bonds is 4. The molecule has 1 unspecified atom stereocenters. The van der Waals surface area contributed by atoms with Crippen molar-refractivity contribution >= 4 is 0 Å². The number of hydrogen-bond acceptors (Lipinski definition) is 0. The topological polar surface area (TPSA) is 0 Å². The highest BCUT2D eigenvalue weighted by atomic mass is 14.3. The van der Waals surface area contributed by atoms with E-state index in [1.54, 1.807) is 0 Å². The molecule has 0 amide bonds. The van der Waals surface area contributed by atoms with E-state index in [9.17, 15) is 0 Å². The van der Waals surface area contributed by atoms with E-state index in [1.165, 1.54) is 22.3 Å². The molecule has 0 saturated carbocycles. The fourth-order valence-electron chi connectivity index (χ4n) is 2.57. The van der Waals surface area contributed by atoms with Gasteiger partial charge >= 0.3 is 0 Å². The number of benzene rings is 2. The SMILES string of the molecule is [CH2+]C(C)(c1ccc(C)cc1)c1ccc(CC(C)C)cc1. The van der Waals surface area contributed by atoms with Crippen molar-refractivity contribution in [3.05, 3.63) is 77.7 Å². The first-order valence-corrected chi connectivity index (χ1v) is 7.41. The maximum absolute atomic E-state index is 4.43. The second-order valence-electron chi connectivity index (χ2n) is 6.49. The quantitative estimate of drug-likeness (QED) is 0.655. The molecule has 0 aliphatic rings. The van der Waals surface area contributed by atoms with Gasteiger partial charge in [0.15, 0.2) is 5.41 Å². The molecule has 0 bridgehead atoms. The van der Waals surface area contributed by atoms with Crippen LogP contribution in [0.1, 0.15) is 43.0 Å². The summed E-state index contributed by atoms with van der Waals surface area (Å²) in [5, 5.41) is 0. The molecule has 20 heavy (non-hydrogen) atoms. The molecule has 0 radical (unpaired) electrons. The van der Waals surface area contributed by atoms with Gasteiger partial charge in [0.05, 0.1) is 6.92 Å². The minimum atomic E-state index is -0.190. The van der Waals surface area contributed by atoms with Crippen LogP contribution in [0.3, 0.4) is 0 Å². The van der Waals surface area contributed by atoms with E-state index in [1.807, 2.05) is 0 Å². The lowest BCUT2D eigenvalue weighted by atomic mass is 9.77. The van der Waals surface area contributed by atoms with Crippen molar-refractivity contribution in [2.45, 2.75) is 39.5 Å². The standard InChI is InChI=1S/C20H25/c1-15(2)14-17-8-12-19(13-9-17)20(4,5)18-10-6-16(3)7-11-18/h6-13,15H,4,14H2,1-3,5H3/q+1. The van der Waals surface area contributed by atoms with E-state index >= 15 is 0 Å². The predicted molar refractivity (Wildman–Crippen MR) is 88.0 cm³/mol. The van der Waals surface area contributed by atoms with Crippen molar-refractivity contribution in [1.29, 1.82) is 0 Å². The van der Waals surface area contributed by atoms with Gasteiger partial charge in [-0.15, -0.1) is 0 Å². The summed E-state index contributed by atoms with van der Waals surface area (Å²) >= 11 is 0. The Hall–Kier alpha value is -1.69. The lowest BCUT2D eigenvalue weighted by Crippen LogP contribution is -2.19. The molecule has 0 fully saturated rings. The Bertz CT molecular complexity index is 542. The van der Waals surface area contributed by atoms with Gasteiger partial charge < -0.3 is 0 Å². The first kappa shape index (κ1) is 14.7. The van der Waals surface area contributed by atoms with Crippen LogP contribution in [-0.4, -0.2) is 0 Å². The molecule has 0 aliphatic heterocycles. The summed E-state index contributed by atoms with van der Waals surface area (Å²) in [7, 11) is 0. The van der Waals surface area contributed by atoms with E-state index in [-0.39, 0.29) is 5.41 Å². The van der Waals surface area contributed by atoms with Gasteiger partial charge in [-0.05, 0) is 31.7 Å². The zero-order valence-electron chi connectivity index (χ0n) is 13.1. The van der Waals surface area contributed by atoms with E-state index in [0.29, 0.717) is 5.92 Å². The monoisotopic (exact) mass is 265 g/mol. The Kier molecular flexibility index (Phi) is 4.23. The van der Waals surface area contributed by atoms with Crippen LogP contribution in [-0.2, 0) is 11.8 Å². The van der Waals surface area contributed by atoms with E-state index < -0.39 is 0 Å². The van der Waals surface area contributed by atoms with E-state index in [4.69, 9.17) is 0 Å². The van der Waals surface area contributed by atoms with Crippen LogP contribution in [0.25, 0.3) is 0 Å². The lowest BCUT2D eigenvalue weighted by Gasteiger charge is -2.20. The third-order valence-corrected chi connectivity index (χ3v) is 3.92. The van der Waals surface area contributed by atoms with Gasteiger partial charge in [-0.25, -0.2) is 0 Å². The summed E-state index contributed by atoms with van der Waals surface area (Å²) < 4.78 is 0. The number of aryl methyl sites for hydroxylation is 1. The second kappa shape index (κ2) is 5.75. The van der Waals surface area contributed by atoms with Crippen molar-refractivity contribution < 1.29 is 0 Å². The Labute approximate surface area is 123 Å². The largest absolute Gasteiger partial charge is 0.152 e. The van der Waals surface area contributed by atoms with Crippen LogP contribution in [0.15, 0.2) is 48.5 Å². The van der Waals surface area contributed by atoms with Gasteiger partial charge in [0.25, 0.3) is 0 Å². The van der Waals surface area contributed by atoms with Gasteiger partial charge in [-0.1, -0.05) is 67.9 Å². The van der Waals surface area contributed by atoms with Crippen molar-refractivity contribution in [1.82, 2.24) is 0 Å². The molecule has 0 spiro atoms. The van der Waals surface area contributed by atoms with Crippen LogP contribution >= 0.6 is 0 Å². The van der Waals surface area contributed by atoms with Gasteiger partial charge in [-0.3, -0.25) is 0 Å². The normalized spacial score (nSPS) is 14.2. The first-order valence-electron chi connectivity index (χ1n) is 7.41. The molecule has 0 heteroatoms. The Balaban J connectivity index is 2.27. The minimum Gasteiger partial charge on any atom is -0.0625 e. The predicted octanol–water partition coefficient (Wildman–Crippen LogP) is 5.33. The summed E-state index contributed by atoms with van der Waals surface area (Å²) in [5.41, 5.74) is 5.04. The van der Waals surface area contributed by atoms with Crippen LogP contribution < -0.4 is 0 Å². The summed E-state index contributed by atoms with van der Waals surface area (Å²) in [6.45, 7) is 13.2. The smallest absolute Gasteiger partial charge is 0.0625 e. The third kappa shape index (κ3) is 3.25. The van der Waals surface area contributed by atoms with Crippen molar-refractivity contribution in [2.24, 2.45) is 5.92 Å². The Morgan fingerprint density at radius 2 is 1.35 bits per heavy atom. The molecule has 0 aliphatic carbocycles. The van der Waals surface area contributed by atoms with Crippen LogP contribution in [0, 0.1) is 19.8 Å². The molecular weight excluding hydrogens is 240 g/mol. The van der Waals surface area contributed by atoms with Crippen LogP contribution in [0.4, 0.5) is 0 Å². The van der Waals surface area contributed by atoms with Gasteiger partial charge in [0.1, 0.15) is 0 Å². The maximum atomic E-state index is 4.43. The maximum Gasteiger partial charge on any atom is 0.152 e. The zero-order valence-corrected chi connectivity index (χ0v) is 13.1.